The summed E-state index contributed by atoms with van der Waals surface area (Å²) in [6, 6.07) is 7.13. The van der Waals surface area contributed by atoms with E-state index in [2.05, 4.69) is 5.32 Å². The highest BCUT2D eigenvalue weighted by Gasteiger charge is 2.24. The second-order valence-electron chi connectivity index (χ2n) is 5.74. The molecule has 1 aromatic rings. The largest absolute Gasteiger partial charge is 0.481 e. The summed E-state index contributed by atoms with van der Waals surface area (Å²) in [4.78, 5) is 24.8. The van der Waals surface area contributed by atoms with E-state index in [4.69, 9.17) is 5.11 Å². The number of nitrogens with zero attached hydrogens (tertiary/aromatic N) is 1. The highest BCUT2D eigenvalue weighted by atomic mass is 16.4. The van der Waals surface area contributed by atoms with Crippen LogP contribution >= 0.6 is 0 Å². The number of likely N-dealkylation sites (N-methyl/N-ethyl adjacent to an activating group) is 1. The van der Waals surface area contributed by atoms with Gasteiger partial charge >= 0.3 is 5.97 Å². The van der Waals surface area contributed by atoms with Gasteiger partial charge in [0.1, 0.15) is 0 Å². The quantitative estimate of drug-likeness (QED) is 0.808. The molecule has 1 rings (SSSR count). The zero-order valence-corrected chi connectivity index (χ0v) is 13.1. The van der Waals surface area contributed by atoms with E-state index in [-0.39, 0.29) is 24.3 Å². The molecule has 116 valence electrons. The predicted molar refractivity (Wildman–Crippen MR) is 83.3 cm³/mol. The predicted octanol–water partition coefficient (Wildman–Crippen LogP) is 2.23. The van der Waals surface area contributed by atoms with Gasteiger partial charge in [0.15, 0.2) is 0 Å². The molecule has 1 atom stereocenters. The molecule has 21 heavy (non-hydrogen) atoms. The Morgan fingerprint density at radius 3 is 2.48 bits per heavy atom. The van der Waals surface area contributed by atoms with Crippen molar-refractivity contribution in [3.05, 3.63) is 29.8 Å². The normalized spacial score (nSPS) is 12.5. The molecule has 2 N–H and O–H groups in total. The van der Waals surface area contributed by atoms with Crippen molar-refractivity contribution in [1.29, 1.82) is 0 Å². The fourth-order valence-corrected chi connectivity index (χ4v) is 2.41. The van der Waals surface area contributed by atoms with Gasteiger partial charge in [0.05, 0.1) is 6.04 Å². The van der Waals surface area contributed by atoms with E-state index in [0.717, 1.165) is 5.56 Å². The van der Waals surface area contributed by atoms with Gasteiger partial charge in [-0.15, -0.1) is 0 Å². The zero-order chi connectivity index (χ0) is 16.0. The zero-order valence-electron chi connectivity index (χ0n) is 13.1. The molecule has 5 heteroatoms. The summed E-state index contributed by atoms with van der Waals surface area (Å²) in [6.45, 7) is 4.01. The van der Waals surface area contributed by atoms with Crippen LogP contribution in [0.1, 0.15) is 25.8 Å². The number of carboxylic acids is 1. The molecule has 0 saturated carbocycles. The topological polar surface area (TPSA) is 69.6 Å². The van der Waals surface area contributed by atoms with Crippen molar-refractivity contribution in [1.82, 2.24) is 4.90 Å². The van der Waals surface area contributed by atoms with Crippen LogP contribution < -0.4 is 5.32 Å². The van der Waals surface area contributed by atoms with Gasteiger partial charge in [-0.1, -0.05) is 26.0 Å². The average Bonchev–Trinajstić information content (AvgIpc) is 2.35. The Bertz CT molecular complexity index is 490. The molecule has 0 heterocycles. The molecule has 5 nitrogen and oxygen atoms in total. The number of carboxylic acid groups (broad SMARTS) is 1. The van der Waals surface area contributed by atoms with Crippen molar-refractivity contribution in [2.24, 2.45) is 5.92 Å². The smallest absolute Gasteiger partial charge is 0.303 e. The Balaban J connectivity index is 2.76. The molecule has 0 fully saturated rings. The summed E-state index contributed by atoms with van der Waals surface area (Å²) < 4.78 is 0. The summed E-state index contributed by atoms with van der Waals surface area (Å²) in [7, 11) is 3.76. The number of aliphatic carboxylic acids is 1. The molecule has 1 unspecified atom stereocenters. The van der Waals surface area contributed by atoms with Crippen molar-refractivity contribution in [3.63, 3.8) is 0 Å². The van der Waals surface area contributed by atoms with Gasteiger partial charge in [-0.2, -0.15) is 0 Å². The Hall–Kier alpha value is -1.88. The lowest BCUT2D eigenvalue weighted by atomic mass is 10.0. The molecular weight excluding hydrogens is 268 g/mol. The van der Waals surface area contributed by atoms with Gasteiger partial charge in [-0.05, 0) is 44.1 Å². The number of rotatable bonds is 7. The first-order valence-corrected chi connectivity index (χ1v) is 7.09. The van der Waals surface area contributed by atoms with Crippen LogP contribution in [0.15, 0.2) is 24.3 Å². The highest BCUT2D eigenvalue weighted by Crippen LogP contribution is 2.15. The maximum absolute atomic E-state index is 12.3. The third-order valence-corrected chi connectivity index (χ3v) is 3.28. The summed E-state index contributed by atoms with van der Waals surface area (Å²) in [5.74, 6) is -0.669. The minimum absolute atomic E-state index is 0.0506. The van der Waals surface area contributed by atoms with E-state index >= 15 is 0 Å². The van der Waals surface area contributed by atoms with Crippen LogP contribution in [0.25, 0.3) is 0 Å². The van der Waals surface area contributed by atoms with Gasteiger partial charge in [-0.25, -0.2) is 0 Å². The van der Waals surface area contributed by atoms with Crippen LogP contribution in [0.2, 0.25) is 0 Å². The molecule has 0 aliphatic heterocycles. The number of aryl methyl sites for hydroxylation is 1. The molecule has 0 aliphatic carbocycles. The Labute approximate surface area is 126 Å². The minimum atomic E-state index is -0.822. The SMILES string of the molecule is CC(C)C(C(=O)Nc1cccc(CCC(=O)O)c1)N(C)C. The first-order valence-electron chi connectivity index (χ1n) is 7.09. The van der Waals surface area contributed by atoms with Crippen molar-refractivity contribution in [2.75, 3.05) is 19.4 Å². The lowest BCUT2D eigenvalue weighted by molar-refractivity contribution is -0.137. The Morgan fingerprint density at radius 2 is 1.95 bits per heavy atom. The molecule has 0 radical (unpaired) electrons. The summed E-state index contributed by atoms with van der Waals surface area (Å²) in [5.41, 5.74) is 1.61. The number of amides is 1. The van der Waals surface area contributed by atoms with Gasteiger partial charge < -0.3 is 10.4 Å². The Morgan fingerprint density at radius 1 is 1.29 bits per heavy atom. The van der Waals surface area contributed by atoms with Gasteiger partial charge in [0.25, 0.3) is 0 Å². The number of anilines is 1. The molecule has 0 aromatic heterocycles. The van der Waals surface area contributed by atoms with Gasteiger partial charge in [0, 0.05) is 12.1 Å². The molecule has 0 spiro atoms. The number of carbonyl (C=O) groups is 2. The van der Waals surface area contributed by atoms with Gasteiger partial charge in [0.2, 0.25) is 5.91 Å². The lowest BCUT2D eigenvalue weighted by Gasteiger charge is -2.26. The number of nitrogens with one attached hydrogen (secondary N) is 1. The third kappa shape index (κ3) is 5.55. The van der Waals surface area contributed by atoms with Crippen LogP contribution in [-0.2, 0) is 16.0 Å². The lowest BCUT2D eigenvalue weighted by Crippen LogP contribution is -2.43. The molecule has 0 aliphatic rings. The van der Waals surface area contributed by atoms with Crippen molar-refractivity contribution in [2.45, 2.75) is 32.7 Å². The fourth-order valence-electron chi connectivity index (χ4n) is 2.41. The van der Waals surface area contributed by atoms with E-state index in [1.807, 2.05) is 57.1 Å². The first-order chi connectivity index (χ1) is 9.81. The van der Waals surface area contributed by atoms with Crippen LogP contribution in [0.5, 0.6) is 0 Å². The number of hydrogen-bond acceptors (Lipinski definition) is 3. The number of carbonyl (C=O) groups excluding carboxylic acids is 1. The van der Waals surface area contributed by atoms with Crippen LogP contribution in [0, 0.1) is 5.92 Å². The maximum Gasteiger partial charge on any atom is 0.303 e. The third-order valence-electron chi connectivity index (χ3n) is 3.28. The summed E-state index contributed by atoms with van der Waals surface area (Å²) in [6.07, 6.45) is 0.546. The minimum Gasteiger partial charge on any atom is -0.481 e. The molecule has 1 amide bonds. The van der Waals surface area contributed by atoms with Crippen LogP contribution in [-0.4, -0.2) is 42.0 Å². The summed E-state index contributed by atoms with van der Waals surface area (Å²) >= 11 is 0. The van der Waals surface area contributed by atoms with E-state index < -0.39 is 5.97 Å². The molecular formula is C16H24N2O3. The van der Waals surface area contributed by atoms with E-state index in [1.165, 1.54) is 0 Å². The van der Waals surface area contributed by atoms with Crippen molar-refractivity contribution in [3.8, 4) is 0 Å². The van der Waals surface area contributed by atoms with Crippen molar-refractivity contribution < 1.29 is 14.7 Å². The van der Waals surface area contributed by atoms with Gasteiger partial charge in [-0.3, -0.25) is 14.5 Å². The van der Waals surface area contributed by atoms with E-state index in [9.17, 15) is 9.59 Å². The maximum atomic E-state index is 12.3. The first kappa shape index (κ1) is 17.2. The van der Waals surface area contributed by atoms with Crippen molar-refractivity contribution >= 4 is 17.6 Å². The molecule has 0 saturated heterocycles. The fraction of sp³-hybridized carbons (Fsp3) is 0.500. The number of benzene rings is 1. The average molecular weight is 292 g/mol. The highest BCUT2D eigenvalue weighted by molar-refractivity contribution is 5.95. The summed E-state index contributed by atoms with van der Waals surface area (Å²) in [5, 5.41) is 11.6. The van der Waals surface area contributed by atoms with E-state index in [0.29, 0.717) is 12.1 Å². The molecule has 0 bridgehead atoms. The Kier molecular flexibility index (Phi) is 6.37. The standard InChI is InChI=1S/C16H24N2O3/c1-11(2)15(18(3)4)16(21)17-13-7-5-6-12(10-13)8-9-14(19)20/h5-7,10-11,15H,8-9H2,1-4H3,(H,17,21)(H,19,20). The second kappa shape index (κ2) is 7.78. The van der Waals surface area contributed by atoms with Crippen LogP contribution in [0.4, 0.5) is 5.69 Å². The van der Waals surface area contributed by atoms with Crippen LogP contribution in [0.3, 0.4) is 0 Å². The molecule has 1 aromatic carbocycles. The second-order valence-corrected chi connectivity index (χ2v) is 5.74. The number of hydrogen-bond donors (Lipinski definition) is 2. The van der Waals surface area contributed by atoms with E-state index in [1.54, 1.807) is 0 Å². The monoisotopic (exact) mass is 292 g/mol.